The lowest BCUT2D eigenvalue weighted by molar-refractivity contribution is -0.131. The Morgan fingerprint density at radius 3 is 3.04 bits per heavy atom. The van der Waals surface area contributed by atoms with E-state index in [0.29, 0.717) is 19.6 Å². The third-order valence-corrected chi connectivity index (χ3v) is 4.94. The van der Waals surface area contributed by atoms with Gasteiger partial charge in [-0.25, -0.2) is 4.68 Å². The van der Waals surface area contributed by atoms with Crippen LogP contribution in [0.5, 0.6) is 0 Å². The summed E-state index contributed by atoms with van der Waals surface area (Å²) in [5, 5.41) is 6.31. The summed E-state index contributed by atoms with van der Waals surface area (Å²) >= 11 is 1.66. The molecule has 1 amide bonds. The summed E-state index contributed by atoms with van der Waals surface area (Å²) in [6.45, 7) is 2.41. The molecule has 23 heavy (non-hydrogen) atoms. The highest BCUT2D eigenvalue weighted by molar-refractivity contribution is 7.09. The number of nitrogens with zero attached hydrogens (tertiary/aromatic N) is 4. The number of rotatable bonds is 4. The Kier molecular flexibility index (Phi) is 4.58. The van der Waals surface area contributed by atoms with E-state index in [1.54, 1.807) is 29.4 Å². The molecule has 1 aliphatic rings. The van der Waals surface area contributed by atoms with Gasteiger partial charge in [0.2, 0.25) is 5.91 Å². The number of carbonyl (C=O) groups is 1. The molecule has 3 heterocycles. The van der Waals surface area contributed by atoms with Crippen LogP contribution in [0, 0.1) is 0 Å². The zero-order chi connectivity index (χ0) is 16.4. The summed E-state index contributed by atoms with van der Waals surface area (Å²) in [4.78, 5) is 29.1. The van der Waals surface area contributed by atoms with Crippen molar-refractivity contribution in [1.82, 2.24) is 19.6 Å². The first-order valence-corrected chi connectivity index (χ1v) is 8.45. The molecule has 0 unspecified atom stereocenters. The predicted molar refractivity (Wildman–Crippen MR) is 89.3 cm³/mol. The summed E-state index contributed by atoms with van der Waals surface area (Å²) in [7, 11) is 3.50. The lowest BCUT2D eigenvalue weighted by Crippen LogP contribution is -2.41. The lowest BCUT2D eigenvalue weighted by atomic mass is 10.1. The van der Waals surface area contributed by atoms with Crippen LogP contribution >= 0.6 is 11.3 Å². The molecule has 1 aliphatic heterocycles. The van der Waals surface area contributed by atoms with Gasteiger partial charge in [-0.15, -0.1) is 11.3 Å². The van der Waals surface area contributed by atoms with Gasteiger partial charge in [-0.3, -0.25) is 14.5 Å². The molecule has 0 saturated carbocycles. The minimum Gasteiger partial charge on any atom is -0.340 e. The Hall–Kier alpha value is -1.99. The molecule has 0 fully saturated rings. The highest BCUT2D eigenvalue weighted by Crippen LogP contribution is 2.16. The molecule has 0 atom stereocenters. The highest BCUT2D eigenvalue weighted by atomic mass is 32.1. The number of hydrogen-bond acceptors (Lipinski definition) is 5. The van der Waals surface area contributed by atoms with E-state index in [2.05, 4.69) is 10.00 Å². The first-order chi connectivity index (χ1) is 11.0. The molecule has 0 saturated heterocycles. The third kappa shape index (κ3) is 3.68. The van der Waals surface area contributed by atoms with Crippen molar-refractivity contribution < 1.29 is 4.79 Å². The average molecular weight is 332 g/mol. The summed E-state index contributed by atoms with van der Waals surface area (Å²) < 4.78 is 1.37. The second kappa shape index (κ2) is 6.64. The fraction of sp³-hybridized carbons (Fsp3) is 0.438. The van der Waals surface area contributed by atoms with Gasteiger partial charge in [-0.2, -0.15) is 5.10 Å². The second-order valence-electron chi connectivity index (χ2n) is 5.87. The van der Waals surface area contributed by atoms with Gasteiger partial charge in [0, 0.05) is 44.5 Å². The molecule has 0 N–H and O–H groups in total. The van der Waals surface area contributed by atoms with Crippen LogP contribution in [0.25, 0.3) is 0 Å². The van der Waals surface area contributed by atoms with Crippen LogP contribution < -0.4 is 5.56 Å². The Morgan fingerprint density at radius 1 is 1.48 bits per heavy atom. The van der Waals surface area contributed by atoms with Crippen LogP contribution in [0.4, 0.5) is 0 Å². The molecule has 0 aromatic carbocycles. The number of aromatic nitrogens is 2. The first kappa shape index (κ1) is 15.9. The van der Waals surface area contributed by atoms with E-state index < -0.39 is 0 Å². The van der Waals surface area contributed by atoms with Gasteiger partial charge in [0.25, 0.3) is 5.56 Å². The van der Waals surface area contributed by atoms with Crippen molar-refractivity contribution in [2.75, 3.05) is 20.1 Å². The lowest BCUT2D eigenvalue weighted by Gasteiger charge is -2.29. The second-order valence-corrected chi connectivity index (χ2v) is 6.90. The molecule has 6 nitrogen and oxygen atoms in total. The zero-order valence-corrected chi connectivity index (χ0v) is 14.2. The van der Waals surface area contributed by atoms with Crippen molar-refractivity contribution in [3.8, 4) is 0 Å². The molecular weight excluding hydrogens is 312 g/mol. The summed E-state index contributed by atoms with van der Waals surface area (Å²) in [5.41, 5.74) is 1.79. The van der Waals surface area contributed by atoms with Crippen molar-refractivity contribution in [2.45, 2.75) is 19.5 Å². The van der Waals surface area contributed by atoms with Crippen molar-refractivity contribution in [1.29, 1.82) is 0 Å². The third-order valence-electron chi connectivity index (χ3n) is 4.07. The number of hydrogen-bond donors (Lipinski definition) is 0. The predicted octanol–water partition coefficient (Wildman–Crippen LogP) is 0.858. The van der Waals surface area contributed by atoms with Crippen LogP contribution in [0.1, 0.15) is 16.1 Å². The maximum Gasteiger partial charge on any atom is 0.266 e. The van der Waals surface area contributed by atoms with E-state index in [1.807, 2.05) is 24.6 Å². The van der Waals surface area contributed by atoms with Crippen molar-refractivity contribution in [3.05, 3.63) is 50.1 Å². The van der Waals surface area contributed by atoms with Crippen molar-refractivity contribution in [3.63, 3.8) is 0 Å². The Balaban J connectivity index is 1.61. The molecule has 122 valence electrons. The van der Waals surface area contributed by atoms with Crippen molar-refractivity contribution in [2.24, 2.45) is 7.05 Å². The quantitative estimate of drug-likeness (QED) is 0.833. The minimum atomic E-state index is -0.105. The molecule has 0 bridgehead atoms. The van der Waals surface area contributed by atoms with E-state index in [-0.39, 0.29) is 11.5 Å². The van der Waals surface area contributed by atoms with Gasteiger partial charge in [-0.1, -0.05) is 6.07 Å². The molecular formula is C16H20N4O2S. The summed E-state index contributed by atoms with van der Waals surface area (Å²) in [6, 6.07) is 5.66. The topological polar surface area (TPSA) is 58.4 Å². The average Bonchev–Trinajstić information content (AvgIpc) is 3.01. The SMILES string of the molecule is CN(Cc1cccs1)C(=O)CN1CCc2nn(C)c(=O)cc2C1. The molecule has 0 spiro atoms. The maximum absolute atomic E-state index is 12.4. The number of aryl methyl sites for hydroxylation is 1. The van der Waals surface area contributed by atoms with E-state index in [9.17, 15) is 9.59 Å². The number of thiophene rings is 1. The fourth-order valence-corrected chi connectivity index (χ4v) is 3.48. The van der Waals surface area contributed by atoms with Gasteiger partial charge < -0.3 is 4.90 Å². The largest absolute Gasteiger partial charge is 0.340 e. The molecule has 2 aromatic heterocycles. The monoisotopic (exact) mass is 332 g/mol. The Morgan fingerprint density at radius 2 is 2.30 bits per heavy atom. The fourth-order valence-electron chi connectivity index (χ4n) is 2.72. The van der Waals surface area contributed by atoms with Gasteiger partial charge in [0.1, 0.15) is 0 Å². The molecule has 7 heteroatoms. The molecule has 3 rings (SSSR count). The number of amides is 1. The Bertz CT molecular complexity index is 754. The molecule has 0 aliphatic carbocycles. The zero-order valence-electron chi connectivity index (χ0n) is 13.4. The van der Waals surface area contributed by atoms with Crippen LogP contribution in [0.15, 0.2) is 28.4 Å². The van der Waals surface area contributed by atoms with Gasteiger partial charge in [0.05, 0.1) is 18.8 Å². The summed E-state index contributed by atoms with van der Waals surface area (Å²) in [6.07, 6.45) is 0.769. The van der Waals surface area contributed by atoms with Crippen LogP contribution in [-0.4, -0.2) is 45.6 Å². The first-order valence-electron chi connectivity index (χ1n) is 7.58. The smallest absolute Gasteiger partial charge is 0.266 e. The van der Waals surface area contributed by atoms with E-state index in [0.717, 1.165) is 24.2 Å². The van der Waals surface area contributed by atoms with E-state index in [4.69, 9.17) is 0 Å². The standard InChI is InChI=1S/C16H20N4O2S/c1-18(10-13-4-3-7-23-13)16(22)11-20-6-5-14-12(9-20)8-15(21)19(2)17-14/h3-4,7-8H,5-6,9-11H2,1-2H3. The number of carbonyl (C=O) groups excluding carboxylic acids is 1. The highest BCUT2D eigenvalue weighted by Gasteiger charge is 2.22. The van der Waals surface area contributed by atoms with Crippen LogP contribution in [-0.2, 0) is 31.4 Å². The van der Waals surface area contributed by atoms with E-state index in [1.165, 1.54) is 9.56 Å². The maximum atomic E-state index is 12.4. The van der Waals surface area contributed by atoms with E-state index >= 15 is 0 Å². The minimum absolute atomic E-state index is 0.0960. The Labute approximate surface area is 139 Å². The normalized spacial score (nSPS) is 14.5. The number of fused-ring (bicyclic) bond motifs is 1. The summed E-state index contributed by atoms with van der Waals surface area (Å²) in [5.74, 6) is 0.0960. The van der Waals surface area contributed by atoms with Gasteiger partial charge in [-0.05, 0) is 17.0 Å². The van der Waals surface area contributed by atoms with Crippen LogP contribution in [0.2, 0.25) is 0 Å². The van der Waals surface area contributed by atoms with Crippen molar-refractivity contribution >= 4 is 17.2 Å². The van der Waals surface area contributed by atoms with Crippen LogP contribution in [0.3, 0.4) is 0 Å². The molecule has 0 radical (unpaired) electrons. The number of likely N-dealkylation sites (N-methyl/N-ethyl adjacent to an activating group) is 1. The molecule has 2 aromatic rings. The van der Waals surface area contributed by atoms with Gasteiger partial charge in [0.15, 0.2) is 0 Å². The van der Waals surface area contributed by atoms with Gasteiger partial charge >= 0.3 is 0 Å².